The lowest BCUT2D eigenvalue weighted by Gasteiger charge is -2.33. The van der Waals surface area contributed by atoms with Crippen molar-refractivity contribution in [2.75, 3.05) is 12.3 Å². The standard InChI is InChI=1S/C13H22F3NS/c1-12(6-3-7-18-12)9-17-11-5-2-4-10(8-11)13(14,15)16/h10-11,17H,2-9H2,1H3. The van der Waals surface area contributed by atoms with Gasteiger partial charge in [0.1, 0.15) is 0 Å². The molecular weight excluding hydrogens is 259 g/mol. The lowest BCUT2D eigenvalue weighted by atomic mass is 9.85. The topological polar surface area (TPSA) is 12.0 Å². The van der Waals surface area contributed by atoms with Gasteiger partial charge >= 0.3 is 6.18 Å². The van der Waals surface area contributed by atoms with E-state index >= 15 is 0 Å². The minimum atomic E-state index is -4.01. The highest BCUT2D eigenvalue weighted by Crippen LogP contribution is 2.39. The fourth-order valence-corrected chi connectivity index (χ4v) is 4.26. The number of thioether (sulfide) groups is 1. The highest BCUT2D eigenvalue weighted by molar-refractivity contribution is 8.00. The molecule has 18 heavy (non-hydrogen) atoms. The number of halogens is 3. The molecule has 1 N–H and O–H groups in total. The largest absolute Gasteiger partial charge is 0.391 e. The first-order chi connectivity index (χ1) is 8.39. The lowest BCUT2D eigenvalue weighted by Crippen LogP contribution is -2.43. The van der Waals surface area contributed by atoms with Crippen molar-refractivity contribution in [3.63, 3.8) is 0 Å². The Balaban J connectivity index is 1.79. The Hall–Kier alpha value is 0.100. The first kappa shape index (κ1) is 14.5. The minimum Gasteiger partial charge on any atom is -0.313 e. The summed E-state index contributed by atoms with van der Waals surface area (Å²) >= 11 is 1.95. The summed E-state index contributed by atoms with van der Waals surface area (Å²) < 4.78 is 38.3. The molecule has 2 aliphatic rings. The molecule has 2 fully saturated rings. The Morgan fingerprint density at radius 3 is 2.67 bits per heavy atom. The molecule has 0 radical (unpaired) electrons. The third-order valence-corrected chi connectivity index (χ3v) is 5.74. The Kier molecular flexibility index (Phi) is 4.52. The van der Waals surface area contributed by atoms with Gasteiger partial charge in [-0.05, 0) is 44.8 Å². The molecule has 106 valence electrons. The second kappa shape index (κ2) is 5.61. The van der Waals surface area contributed by atoms with E-state index in [9.17, 15) is 13.2 Å². The average molecular weight is 281 g/mol. The molecule has 0 aromatic heterocycles. The molecule has 1 aliphatic heterocycles. The van der Waals surface area contributed by atoms with Crippen LogP contribution in [0.5, 0.6) is 0 Å². The third-order valence-electron chi connectivity index (χ3n) is 4.20. The van der Waals surface area contributed by atoms with Crippen molar-refractivity contribution in [3.05, 3.63) is 0 Å². The predicted octanol–water partition coefficient (Wildman–Crippen LogP) is 3.98. The van der Waals surface area contributed by atoms with Crippen LogP contribution in [0.4, 0.5) is 13.2 Å². The van der Waals surface area contributed by atoms with E-state index in [4.69, 9.17) is 0 Å². The van der Waals surface area contributed by atoms with Gasteiger partial charge in [0.15, 0.2) is 0 Å². The normalized spacial score (nSPS) is 38.0. The molecule has 3 atom stereocenters. The van der Waals surface area contributed by atoms with Crippen molar-refractivity contribution >= 4 is 11.8 Å². The SMILES string of the molecule is CC1(CNC2CCCC(C(F)(F)F)C2)CCCS1. The molecule has 5 heteroatoms. The van der Waals surface area contributed by atoms with E-state index in [1.54, 1.807) is 0 Å². The Bertz CT molecular complexity index is 274. The maximum absolute atomic E-state index is 12.7. The van der Waals surface area contributed by atoms with Crippen molar-refractivity contribution < 1.29 is 13.2 Å². The summed E-state index contributed by atoms with van der Waals surface area (Å²) in [7, 11) is 0. The van der Waals surface area contributed by atoms with Crippen LogP contribution in [0.1, 0.15) is 45.4 Å². The van der Waals surface area contributed by atoms with E-state index in [0.29, 0.717) is 12.8 Å². The van der Waals surface area contributed by atoms with E-state index in [-0.39, 0.29) is 17.2 Å². The highest BCUT2D eigenvalue weighted by Gasteiger charge is 2.42. The first-order valence-electron chi connectivity index (χ1n) is 6.83. The van der Waals surface area contributed by atoms with Crippen molar-refractivity contribution in [1.82, 2.24) is 5.32 Å². The number of alkyl halides is 3. The van der Waals surface area contributed by atoms with Crippen molar-refractivity contribution in [3.8, 4) is 0 Å². The second-order valence-corrected chi connectivity index (χ2v) is 7.57. The number of nitrogens with one attached hydrogen (secondary N) is 1. The summed E-state index contributed by atoms with van der Waals surface area (Å²) in [6.07, 6.45) is 0.585. The van der Waals surface area contributed by atoms with Gasteiger partial charge in [0, 0.05) is 17.3 Å². The summed E-state index contributed by atoms with van der Waals surface area (Å²) in [5.74, 6) is 0.0985. The van der Waals surface area contributed by atoms with Crippen LogP contribution in [-0.4, -0.2) is 29.3 Å². The Labute approximate surface area is 111 Å². The summed E-state index contributed by atoms with van der Waals surface area (Å²) in [5, 5.41) is 3.39. The highest BCUT2D eigenvalue weighted by atomic mass is 32.2. The van der Waals surface area contributed by atoms with Crippen molar-refractivity contribution in [2.45, 2.75) is 62.4 Å². The molecule has 1 nitrogen and oxygen atoms in total. The molecule has 0 spiro atoms. The number of rotatable bonds is 3. The van der Waals surface area contributed by atoms with E-state index < -0.39 is 12.1 Å². The smallest absolute Gasteiger partial charge is 0.313 e. The molecule has 1 heterocycles. The van der Waals surface area contributed by atoms with Crippen LogP contribution in [-0.2, 0) is 0 Å². The van der Waals surface area contributed by atoms with E-state index in [1.165, 1.54) is 18.6 Å². The maximum atomic E-state index is 12.7. The van der Waals surface area contributed by atoms with Crippen LogP contribution in [0, 0.1) is 5.92 Å². The van der Waals surface area contributed by atoms with Crippen LogP contribution in [0.15, 0.2) is 0 Å². The van der Waals surface area contributed by atoms with Crippen LogP contribution in [0.25, 0.3) is 0 Å². The van der Waals surface area contributed by atoms with Crippen molar-refractivity contribution in [1.29, 1.82) is 0 Å². The summed E-state index contributed by atoms with van der Waals surface area (Å²) in [5.41, 5.74) is 0. The summed E-state index contributed by atoms with van der Waals surface area (Å²) in [6.45, 7) is 3.08. The monoisotopic (exact) mass is 281 g/mol. The molecule has 0 aromatic rings. The molecular formula is C13H22F3NS. The van der Waals surface area contributed by atoms with Gasteiger partial charge in [-0.1, -0.05) is 6.42 Å². The van der Waals surface area contributed by atoms with Gasteiger partial charge in [-0.2, -0.15) is 24.9 Å². The van der Waals surface area contributed by atoms with Gasteiger partial charge in [0.25, 0.3) is 0 Å². The van der Waals surface area contributed by atoms with Gasteiger partial charge < -0.3 is 5.32 Å². The van der Waals surface area contributed by atoms with E-state index in [1.807, 2.05) is 11.8 Å². The Morgan fingerprint density at radius 1 is 1.28 bits per heavy atom. The number of hydrogen-bond donors (Lipinski definition) is 1. The molecule has 0 aromatic carbocycles. The molecule has 1 aliphatic carbocycles. The zero-order valence-corrected chi connectivity index (χ0v) is 11.7. The molecule has 1 saturated heterocycles. The summed E-state index contributed by atoms with van der Waals surface area (Å²) in [6, 6.07) is 0.0587. The van der Waals surface area contributed by atoms with Gasteiger partial charge in [-0.15, -0.1) is 0 Å². The van der Waals surface area contributed by atoms with Gasteiger partial charge in [-0.25, -0.2) is 0 Å². The zero-order valence-electron chi connectivity index (χ0n) is 10.9. The van der Waals surface area contributed by atoms with Crippen LogP contribution < -0.4 is 5.32 Å². The fraction of sp³-hybridized carbons (Fsp3) is 1.00. The van der Waals surface area contributed by atoms with Crippen LogP contribution >= 0.6 is 11.8 Å². The quantitative estimate of drug-likeness (QED) is 0.839. The third kappa shape index (κ3) is 3.80. The molecule has 2 rings (SSSR count). The number of hydrogen-bond acceptors (Lipinski definition) is 2. The maximum Gasteiger partial charge on any atom is 0.391 e. The van der Waals surface area contributed by atoms with E-state index in [0.717, 1.165) is 13.0 Å². The molecule has 1 saturated carbocycles. The first-order valence-corrected chi connectivity index (χ1v) is 7.82. The average Bonchev–Trinajstić information content (AvgIpc) is 2.74. The van der Waals surface area contributed by atoms with Crippen molar-refractivity contribution in [2.24, 2.45) is 5.92 Å². The fourth-order valence-electron chi connectivity index (χ4n) is 3.01. The minimum absolute atomic E-state index is 0.0587. The predicted molar refractivity (Wildman–Crippen MR) is 69.9 cm³/mol. The van der Waals surface area contributed by atoms with Crippen LogP contribution in [0.2, 0.25) is 0 Å². The zero-order chi connectivity index (χ0) is 13.2. The van der Waals surface area contributed by atoms with E-state index in [2.05, 4.69) is 12.2 Å². The van der Waals surface area contributed by atoms with Gasteiger partial charge in [-0.3, -0.25) is 0 Å². The molecule has 0 amide bonds. The van der Waals surface area contributed by atoms with Crippen LogP contribution in [0.3, 0.4) is 0 Å². The lowest BCUT2D eigenvalue weighted by molar-refractivity contribution is -0.183. The van der Waals surface area contributed by atoms with Gasteiger partial charge in [0.05, 0.1) is 5.92 Å². The Morgan fingerprint density at radius 2 is 2.06 bits per heavy atom. The molecule has 0 bridgehead atoms. The second-order valence-electron chi connectivity index (χ2n) is 5.88. The summed E-state index contributed by atoms with van der Waals surface area (Å²) in [4.78, 5) is 0. The molecule has 3 unspecified atom stereocenters. The van der Waals surface area contributed by atoms with Gasteiger partial charge in [0.2, 0.25) is 0 Å².